The molecule has 1 aliphatic heterocycles. The van der Waals surface area contributed by atoms with E-state index in [0.717, 1.165) is 43.9 Å². The molecule has 4 atom stereocenters. The second-order valence-corrected chi connectivity index (χ2v) is 10.9. The second kappa shape index (κ2) is 8.85. The number of aromatic nitrogens is 1. The van der Waals surface area contributed by atoms with Crippen LogP contribution in [0.5, 0.6) is 0 Å². The van der Waals surface area contributed by atoms with Gasteiger partial charge in [-0.25, -0.2) is 0 Å². The molecule has 8 nitrogen and oxygen atoms in total. The number of imide groups is 1. The average Bonchev–Trinajstić information content (AvgIpc) is 3.63. The third-order valence-electron chi connectivity index (χ3n) is 7.61. The van der Waals surface area contributed by atoms with E-state index in [1.54, 1.807) is 18.3 Å². The Balaban J connectivity index is 1.19. The molecule has 0 spiro atoms. The number of nitrogens with zero attached hydrogens (tertiary/aromatic N) is 4. The third-order valence-corrected chi connectivity index (χ3v) is 8.62. The van der Waals surface area contributed by atoms with Gasteiger partial charge in [-0.15, -0.1) is 0 Å². The highest BCUT2D eigenvalue weighted by atomic mass is 32.2. The number of carbonyl (C=O) groups is 2. The Bertz CT molecular complexity index is 1460. The van der Waals surface area contributed by atoms with E-state index in [4.69, 9.17) is 0 Å². The largest absolute Gasteiger partial charge is 0.318 e. The molecule has 0 radical (unpaired) electrons. The van der Waals surface area contributed by atoms with Gasteiger partial charge >= 0.3 is 0 Å². The molecule has 1 saturated carbocycles. The van der Waals surface area contributed by atoms with Crippen molar-refractivity contribution in [3.63, 3.8) is 0 Å². The Morgan fingerprint density at radius 2 is 1.51 bits per heavy atom. The number of nitro groups is 1. The molecule has 2 heterocycles. The summed E-state index contributed by atoms with van der Waals surface area (Å²) in [6.07, 6.45) is 6.67. The van der Waals surface area contributed by atoms with Gasteiger partial charge in [0.15, 0.2) is 0 Å². The fraction of sp³-hybridized carbons (Fsp3) is 0.250. The molecule has 3 aromatic rings. The quantitative estimate of drug-likeness (QED) is 0.147. The van der Waals surface area contributed by atoms with E-state index in [2.05, 4.69) is 21.8 Å². The van der Waals surface area contributed by atoms with E-state index in [9.17, 15) is 19.7 Å². The van der Waals surface area contributed by atoms with Gasteiger partial charge in [-0.3, -0.25) is 19.7 Å². The van der Waals surface area contributed by atoms with Crippen molar-refractivity contribution >= 4 is 35.5 Å². The first-order valence-corrected chi connectivity index (χ1v) is 13.0. The third kappa shape index (κ3) is 3.90. The molecule has 186 valence electrons. The van der Waals surface area contributed by atoms with Crippen LogP contribution in [0.15, 0.2) is 81.6 Å². The summed E-state index contributed by atoms with van der Waals surface area (Å²) in [6.45, 7) is 3.99. The number of rotatable bonds is 6. The van der Waals surface area contributed by atoms with Crippen LogP contribution in [0.3, 0.4) is 0 Å². The topological polar surface area (TPSA) is 97.8 Å². The number of nitro benzene ring substituents is 1. The fourth-order valence-corrected chi connectivity index (χ4v) is 6.69. The summed E-state index contributed by atoms with van der Waals surface area (Å²) in [5, 5.41) is 16.3. The van der Waals surface area contributed by atoms with Crippen molar-refractivity contribution < 1.29 is 14.5 Å². The van der Waals surface area contributed by atoms with Crippen LogP contribution in [0.4, 0.5) is 5.69 Å². The molecule has 2 bridgehead atoms. The Hall–Kier alpha value is -3.98. The van der Waals surface area contributed by atoms with Gasteiger partial charge < -0.3 is 4.57 Å². The first-order valence-electron chi connectivity index (χ1n) is 12.1. The predicted octanol–water partition coefficient (Wildman–Crippen LogP) is 5.29. The van der Waals surface area contributed by atoms with Crippen molar-refractivity contribution in [1.82, 2.24) is 9.58 Å². The zero-order valence-corrected chi connectivity index (χ0v) is 21.1. The van der Waals surface area contributed by atoms with Crippen LogP contribution in [0.25, 0.3) is 5.69 Å². The minimum atomic E-state index is -0.406. The Kier molecular flexibility index (Phi) is 5.60. The number of hydrazone groups is 1. The molecule has 1 saturated heterocycles. The summed E-state index contributed by atoms with van der Waals surface area (Å²) in [7, 11) is 0. The van der Waals surface area contributed by atoms with Crippen molar-refractivity contribution in [2.45, 2.75) is 30.1 Å². The summed E-state index contributed by atoms with van der Waals surface area (Å²) in [4.78, 5) is 38.2. The number of hydrogen-bond donors (Lipinski definition) is 0. The Morgan fingerprint density at radius 1 is 0.946 bits per heavy atom. The molecule has 0 N–H and O–H groups in total. The molecular formula is C28H24N4O4S. The van der Waals surface area contributed by atoms with Gasteiger partial charge in [-0.1, -0.05) is 23.9 Å². The van der Waals surface area contributed by atoms with Crippen LogP contribution in [0.2, 0.25) is 0 Å². The Labute approximate surface area is 217 Å². The molecule has 3 aliphatic rings. The first-order chi connectivity index (χ1) is 17.8. The molecule has 0 unspecified atom stereocenters. The minimum absolute atomic E-state index is 0.0723. The molecule has 6 rings (SSSR count). The van der Waals surface area contributed by atoms with Crippen LogP contribution in [-0.2, 0) is 9.59 Å². The van der Waals surface area contributed by atoms with Gasteiger partial charge in [0.05, 0.1) is 23.0 Å². The minimum Gasteiger partial charge on any atom is -0.318 e. The summed E-state index contributed by atoms with van der Waals surface area (Å²) >= 11 is 1.53. The van der Waals surface area contributed by atoms with Crippen molar-refractivity contribution in [2.75, 3.05) is 0 Å². The first kappa shape index (κ1) is 23.4. The van der Waals surface area contributed by atoms with Gasteiger partial charge in [0.25, 0.3) is 17.5 Å². The molecule has 2 amide bonds. The lowest BCUT2D eigenvalue weighted by Crippen LogP contribution is -2.28. The molecule has 1 aromatic heterocycles. The lowest BCUT2D eigenvalue weighted by molar-refractivity contribution is -0.384. The normalized spacial score (nSPS) is 24.0. The molecule has 2 aliphatic carbocycles. The highest BCUT2D eigenvalue weighted by Crippen LogP contribution is 2.52. The summed E-state index contributed by atoms with van der Waals surface area (Å²) in [6, 6.07) is 16.5. The van der Waals surface area contributed by atoms with Gasteiger partial charge in [0, 0.05) is 44.6 Å². The van der Waals surface area contributed by atoms with Crippen LogP contribution in [0, 0.1) is 47.6 Å². The van der Waals surface area contributed by atoms with Crippen LogP contribution >= 0.6 is 11.8 Å². The number of non-ortho nitro benzene ring substituents is 1. The average molecular weight is 513 g/mol. The second-order valence-electron chi connectivity index (χ2n) is 9.74. The van der Waals surface area contributed by atoms with Crippen LogP contribution in [-0.4, -0.2) is 32.5 Å². The SMILES string of the molecule is Cc1cc(C=NN2C(=O)[C@@H]3[C@H](C2=O)[C@H]2C=C[C@H]3C2)c(C)n1-c1ccc(Sc2ccc([N+](=O)[O-])cc2)cc1. The number of fused-ring (bicyclic) bond motifs is 5. The van der Waals surface area contributed by atoms with E-state index in [-0.39, 0.29) is 41.2 Å². The van der Waals surface area contributed by atoms with Gasteiger partial charge in [-0.05, 0) is 74.6 Å². The zero-order valence-electron chi connectivity index (χ0n) is 20.3. The van der Waals surface area contributed by atoms with E-state index in [1.165, 1.54) is 23.9 Å². The fourth-order valence-electron chi connectivity index (χ4n) is 5.87. The molecule has 2 fully saturated rings. The Morgan fingerprint density at radius 3 is 2.08 bits per heavy atom. The number of carbonyl (C=O) groups excluding carboxylic acids is 2. The molecule has 37 heavy (non-hydrogen) atoms. The smallest absolute Gasteiger partial charge is 0.269 e. The highest BCUT2D eigenvalue weighted by molar-refractivity contribution is 7.99. The number of allylic oxidation sites excluding steroid dienone is 2. The van der Waals surface area contributed by atoms with Crippen LogP contribution < -0.4 is 0 Å². The van der Waals surface area contributed by atoms with Crippen molar-refractivity contribution in [1.29, 1.82) is 0 Å². The molecule has 9 heteroatoms. The van der Waals surface area contributed by atoms with Gasteiger partial charge in [-0.2, -0.15) is 10.1 Å². The van der Waals surface area contributed by atoms with E-state index >= 15 is 0 Å². The van der Waals surface area contributed by atoms with Gasteiger partial charge in [0.2, 0.25) is 0 Å². The van der Waals surface area contributed by atoms with Crippen molar-refractivity contribution in [3.8, 4) is 5.69 Å². The van der Waals surface area contributed by atoms with Crippen LogP contribution in [0.1, 0.15) is 23.4 Å². The summed E-state index contributed by atoms with van der Waals surface area (Å²) in [5.74, 6) is -0.545. The standard InChI is InChI=1S/C28H24N4O4S/c1-16-13-20(15-29-31-27(33)25-18-3-4-19(14-18)26(25)28(31)34)17(2)30(16)21-5-9-23(10-6-21)37-24-11-7-22(8-12-24)32(35)36/h3-13,15,18-19,25-26H,14H2,1-2H3/t18-,19-,25-,26+/m0/s1. The maximum Gasteiger partial charge on any atom is 0.269 e. The monoisotopic (exact) mass is 512 g/mol. The van der Waals surface area contributed by atoms with Gasteiger partial charge in [0.1, 0.15) is 0 Å². The number of amides is 2. The molecular weight excluding hydrogens is 488 g/mol. The number of aryl methyl sites for hydroxylation is 1. The van der Waals surface area contributed by atoms with Crippen molar-refractivity contribution in [3.05, 3.63) is 93.8 Å². The van der Waals surface area contributed by atoms with E-state index < -0.39 is 4.92 Å². The number of hydrogen-bond acceptors (Lipinski definition) is 6. The number of benzene rings is 2. The highest BCUT2D eigenvalue weighted by Gasteiger charge is 2.59. The van der Waals surface area contributed by atoms with E-state index in [1.807, 2.05) is 44.2 Å². The van der Waals surface area contributed by atoms with E-state index in [0.29, 0.717) is 0 Å². The van der Waals surface area contributed by atoms with Crippen molar-refractivity contribution in [2.24, 2.45) is 28.8 Å². The lowest BCUT2D eigenvalue weighted by atomic mass is 9.85. The summed E-state index contributed by atoms with van der Waals surface area (Å²) in [5.41, 5.74) is 3.86. The maximum absolute atomic E-state index is 12.9. The zero-order chi connectivity index (χ0) is 25.8. The molecule has 2 aromatic carbocycles. The predicted molar refractivity (Wildman–Crippen MR) is 140 cm³/mol. The summed E-state index contributed by atoms with van der Waals surface area (Å²) < 4.78 is 2.11. The lowest BCUT2D eigenvalue weighted by Gasteiger charge is -2.13. The maximum atomic E-state index is 12.9.